The summed E-state index contributed by atoms with van der Waals surface area (Å²) >= 11 is 0. The van der Waals surface area contributed by atoms with E-state index in [1.807, 2.05) is 0 Å². The van der Waals surface area contributed by atoms with Crippen molar-refractivity contribution in [3.63, 3.8) is 0 Å². The molecule has 2 rings (SSSR count). The topological polar surface area (TPSA) is 16.6 Å². The highest BCUT2D eigenvalue weighted by atomic mass is 35.5. The van der Waals surface area contributed by atoms with Gasteiger partial charge in [0.25, 0.3) is 0 Å². The minimum Gasteiger partial charge on any atom is -1.00 e. The van der Waals surface area contributed by atoms with Gasteiger partial charge in [0, 0.05) is 12.0 Å². The van der Waals surface area contributed by atoms with Crippen LogP contribution < -0.4 is 17.7 Å². The van der Waals surface area contributed by atoms with Crippen molar-refractivity contribution < 1.29 is 17.7 Å². The molecule has 1 aliphatic heterocycles. The number of hydrogen-bond donors (Lipinski definition) is 1. The van der Waals surface area contributed by atoms with Gasteiger partial charge in [0.2, 0.25) is 0 Å². The zero-order valence-electron chi connectivity index (χ0n) is 9.76. The second kappa shape index (κ2) is 4.54. The Bertz CT molecular complexity index is 333. The normalized spacial score (nSPS) is 23.5. The lowest BCUT2D eigenvalue weighted by molar-refractivity contribution is -0.735. The molecule has 0 amide bonds. The fourth-order valence-electron chi connectivity index (χ4n) is 2.57. The molecule has 84 valence electrons. The number of rotatable bonds is 0. The van der Waals surface area contributed by atoms with E-state index in [1.165, 1.54) is 12.0 Å². The van der Waals surface area contributed by atoms with Crippen LogP contribution in [0.5, 0.6) is 0 Å². The predicted molar refractivity (Wildman–Crippen MR) is 59.2 cm³/mol. The van der Waals surface area contributed by atoms with Crippen molar-refractivity contribution in [2.24, 2.45) is 0 Å². The second-order valence-electron chi connectivity index (χ2n) is 5.20. The Kier molecular flexibility index (Phi) is 3.80. The lowest BCUT2D eigenvalue weighted by atomic mass is 9.88. The van der Waals surface area contributed by atoms with Gasteiger partial charge in [-0.2, -0.15) is 0 Å². The molecule has 0 radical (unpaired) electrons. The van der Waals surface area contributed by atoms with E-state index in [1.54, 1.807) is 5.56 Å². The molecular weight excluding hydrogens is 206 g/mol. The third kappa shape index (κ3) is 2.73. The average Bonchev–Trinajstić information content (AvgIpc) is 2.24. The van der Waals surface area contributed by atoms with Crippen molar-refractivity contribution >= 4 is 0 Å². The molecule has 0 saturated heterocycles. The van der Waals surface area contributed by atoms with Gasteiger partial charge in [-0.15, -0.1) is 0 Å². The van der Waals surface area contributed by atoms with E-state index in [9.17, 15) is 0 Å². The molecule has 15 heavy (non-hydrogen) atoms. The van der Waals surface area contributed by atoms with Crippen molar-refractivity contribution in [1.29, 1.82) is 0 Å². The lowest BCUT2D eigenvalue weighted by Gasteiger charge is -2.22. The maximum Gasteiger partial charge on any atom is 0.102 e. The molecule has 1 heterocycles. The Morgan fingerprint density at radius 3 is 2.67 bits per heavy atom. The van der Waals surface area contributed by atoms with Crippen LogP contribution in [0.25, 0.3) is 0 Å². The molecule has 0 fully saturated rings. The maximum absolute atomic E-state index is 2.47. The molecule has 1 atom stereocenters. The second-order valence-corrected chi connectivity index (χ2v) is 5.20. The molecule has 0 aromatic heterocycles. The number of benzene rings is 1. The van der Waals surface area contributed by atoms with Gasteiger partial charge >= 0.3 is 0 Å². The molecule has 1 aromatic carbocycles. The fourth-order valence-corrected chi connectivity index (χ4v) is 2.57. The van der Waals surface area contributed by atoms with Crippen LogP contribution in [-0.2, 0) is 6.54 Å². The average molecular weight is 226 g/mol. The number of quaternary nitrogens is 1. The molecule has 2 N–H and O–H groups in total. The van der Waals surface area contributed by atoms with Gasteiger partial charge in [-0.05, 0) is 25.3 Å². The van der Waals surface area contributed by atoms with Crippen LogP contribution in [0.4, 0.5) is 0 Å². The summed E-state index contributed by atoms with van der Waals surface area (Å²) in [6, 6.07) is 8.87. The largest absolute Gasteiger partial charge is 1.00 e. The lowest BCUT2D eigenvalue weighted by Crippen LogP contribution is -3.00. The van der Waals surface area contributed by atoms with E-state index < -0.39 is 0 Å². The fraction of sp³-hybridized carbons (Fsp3) is 0.538. The van der Waals surface area contributed by atoms with E-state index >= 15 is 0 Å². The molecule has 0 spiro atoms. The Morgan fingerprint density at radius 2 is 1.93 bits per heavy atom. The Labute approximate surface area is 98.7 Å². The highest BCUT2D eigenvalue weighted by Crippen LogP contribution is 2.28. The van der Waals surface area contributed by atoms with Gasteiger partial charge in [-0.1, -0.05) is 31.2 Å². The number of halogens is 1. The molecule has 1 unspecified atom stereocenters. The Balaban J connectivity index is 0.00000112. The van der Waals surface area contributed by atoms with Crippen LogP contribution in [-0.4, -0.2) is 5.54 Å². The van der Waals surface area contributed by atoms with Crippen molar-refractivity contribution in [3.8, 4) is 0 Å². The zero-order chi connectivity index (χ0) is 10.2. The molecule has 1 aliphatic rings. The molecule has 1 aromatic rings. The molecule has 0 bridgehead atoms. The first kappa shape index (κ1) is 12.5. The molecule has 2 heteroatoms. The number of nitrogens with two attached hydrogens (primary N) is 1. The van der Waals surface area contributed by atoms with Crippen molar-refractivity contribution in [3.05, 3.63) is 35.4 Å². The molecular formula is C13H20ClN. The highest BCUT2D eigenvalue weighted by molar-refractivity contribution is 5.30. The van der Waals surface area contributed by atoms with E-state index in [0.29, 0.717) is 11.5 Å². The zero-order valence-corrected chi connectivity index (χ0v) is 10.5. The standard InChI is InChI=1S/C13H19N.ClH/c1-10-8-13(2,3)14-9-11-6-4-5-7-12(10)11;/h4-7,10,14H,8-9H2,1-3H3;1H. The first-order chi connectivity index (χ1) is 6.58. The highest BCUT2D eigenvalue weighted by Gasteiger charge is 2.29. The summed E-state index contributed by atoms with van der Waals surface area (Å²) in [6.07, 6.45) is 1.27. The summed E-state index contributed by atoms with van der Waals surface area (Å²) in [6.45, 7) is 8.16. The van der Waals surface area contributed by atoms with Crippen LogP contribution >= 0.6 is 0 Å². The number of fused-ring (bicyclic) bond motifs is 1. The Morgan fingerprint density at radius 1 is 1.27 bits per heavy atom. The van der Waals surface area contributed by atoms with E-state index in [4.69, 9.17) is 0 Å². The van der Waals surface area contributed by atoms with Crippen LogP contribution in [0.2, 0.25) is 0 Å². The van der Waals surface area contributed by atoms with Gasteiger partial charge in [0.15, 0.2) is 0 Å². The van der Waals surface area contributed by atoms with Gasteiger partial charge in [-0.3, -0.25) is 0 Å². The third-order valence-electron chi connectivity index (χ3n) is 3.29. The predicted octanol–water partition coefficient (Wildman–Crippen LogP) is -0.960. The smallest absolute Gasteiger partial charge is 0.102 e. The summed E-state index contributed by atoms with van der Waals surface area (Å²) in [7, 11) is 0. The van der Waals surface area contributed by atoms with E-state index in [2.05, 4.69) is 50.4 Å². The van der Waals surface area contributed by atoms with Crippen molar-refractivity contribution in [1.82, 2.24) is 0 Å². The monoisotopic (exact) mass is 225 g/mol. The van der Waals surface area contributed by atoms with Crippen LogP contribution in [0, 0.1) is 0 Å². The third-order valence-corrected chi connectivity index (χ3v) is 3.29. The minimum atomic E-state index is 0. The summed E-state index contributed by atoms with van der Waals surface area (Å²) in [4.78, 5) is 0. The van der Waals surface area contributed by atoms with Crippen molar-refractivity contribution in [2.75, 3.05) is 0 Å². The summed E-state index contributed by atoms with van der Waals surface area (Å²) < 4.78 is 0. The van der Waals surface area contributed by atoms with Gasteiger partial charge < -0.3 is 17.7 Å². The van der Waals surface area contributed by atoms with Crippen LogP contribution in [0.15, 0.2) is 24.3 Å². The summed E-state index contributed by atoms with van der Waals surface area (Å²) in [5.74, 6) is 0.694. The summed E-state index contributed by atoms with van der Waals surface area (Å²) in [5.41, 5.74) is 3.46. The van der Waals surface area contributed by atoms with Crippen LogP contribution in [0.3, 0.4) is 0 Å². The van der Waals surface area contributed by atoms with Crippen molar-refractivity contribution in [2.45, 2.75) is 45.2 Å². The molecule has 0 saturated carbocycles. The quantitative estimate of drug-likeness (QED) is 0.586. The van der Waals surface area contributed by atoms with Gasteiger partial charge in [-0.25, -0.2) is 0 Å². The van der Waals surface area contributed by atoms with E-state index in [0.717, 1.165) is 6.54 Å². The minimum absolute atomic E-state index is 0. The van der Waals surface area contributed by atoms with Gasteiger partial charge in [0.1, 0.15) is 6.54 Å². The van der Waals surface area contributed by atoms with Gasteiger partial charge in [0.05, 0.1) is 5.54 Å². The SMILES string of the molecule is CC1CC(C)(C)[NH2+]Cc2ccccc21.[Cl-]. The molecule has 1 nitrogen and oxygen atoms in total. The van der Waals surface area contributed by atoms with Crippen LogP contribution in [0.1, 0.15) is 44.2 Å². The molecule has 0 aliphatic carbocycles. The first-order valence-electron chi connectivity index (χ1n) is 5.51. The summed E-state index contributed by atoms with van der Waals surface area (Å²) in [5, 5.41) is 2.47. The van der Waals surface area contributed by atoms with E-state index in [-0.39, 0.29) is 12.4 Å². The Hall–Kier alpha value is -0.530. The number of hydrogen-bond acceptors (Lipinski definition) is 0. The first-order valence-corrected chi connectivity index (χ1v) is 5.51. The maximum atomic E-state index is 2.47.